The molecule has 0 aromatic heterocycles. The maximum atomic E-state index is 12.4. The van der Waals surface area contributed by atoms with Crippen molar-refractivity contribution < 1.29 is 9.59 Å². The van der Waals surface area contributed by atoms with E-state index in [9.17, 15) is 9.59 Å². The summed E-state index contributed by atoms with van der Waals surface area (Å²) in [7, 11) is 0. The standard InChI is InChI=1S/C18H17ClN2O2/c1-12-2-8-16(9-3-12)21-11-13(10-17(21)22)18(23)20-15-6-4-14(19)5-7-15/h2-9,13H,10-11H2,1H3,(H,20,23). The van der Waals surface area contributed by atoms with E-state index < -0.39 is 0 Å². The molecule has 118 valence electrons. The van der Waals surface area contributed by atoms with Crippen molar-refractivity contribution in [2.24, 2.45) is 5.92 Å². The van der Waals surface area contributed by atoms with Gasteiger partial charge in [0.05, 0.1) is 5.92 Å². The van der Waals surface area contributed by atoms with Gasteiger partial charge < -0.3 is 10.2 Å². The molecule has 2 aromatic rings. The minimum Gasteiger partial charge on any atom is -0.326 e. The summed E-state index contributed by atoms with van der Waals surface area (Å²) in [5.41, 5.74) is 2.65. The van der Waals surface area contributed by atoms with Gasteiger partial charge in [-0.3, -0.25) is 9.59 Å². The molecule has 23 heavy (non-hydrogen) atoms. The van der Waals surface area contributed by atoms with Crippen LogP contribution in [0.25, 0.3) is 0 Å². The second-order valence-corrected chi connectivity index (χ2v) is 6.17. The highest BCUT2D eigenvalue weighted by Crippen LogP contribution is 2.26. The van der Waals surface area contributed by atoms with Crippen LogP contribution in [0.5, 0.6) is 0 Å². The third-order valence-corrected chi connectivity index (χ3v) is 4.21. The lowest BCUT2D eigenvalue weighted by atomic mass is 10.1. The van der Waals surface area contributed by atoms with Crippen LogP contribution in [-0.4, -0.2) is 18.4 Å². The molecule has 1 heterocycles. The number of nitrogens with one attached hydrogen (secondary N) is 1. The molecule has 1 fully saturated rings. The average molecular weight is 329 g/mol. The number of hydrogen-bond donors (Lipinski definition) is 1. The lowest BCUT2D eigenvalue weighted by Gasteiger charge is -2.17. The van der Waals surface area contributed by atoms with Crippen LogP contribution in [0.15, 0.2) is 48.5 Å². The Kier molecular flexibility index (Phi) is 4.35. The number of anilines is 2. The summed E-state index contributed by atoms with van der Waals surface area (Å²) in [6.07, 6.45) is 0.229. The number of halogens is 1. The van der Waals surface area contributed by atoms with Gasteiger partial charge in [0.25, 0.3) is 0 Å². The van der Waals surface area contributed by atoms with Gasteiger partial charge in [-0.2, -0.15) is 0 Å². The summed E-state index contributed by atoms with van der Waals surface area (Å²) in [6.45, 7) is 2.40. The topological polar surface area (TPSA) is 49.4 Å². The van der Waals surface area contributed by atoms with Crippen LogP contribution in [-0.2, 0) is 9.59 Å². The Bertz CT molecular complexity index is 726. The first-order valence-corrected chi connectivity index (χ1v) is 7.84. The lowest BCUT2D eigenvalue weighted by Crippen LogP contribution is -2.28. The van der Waals surface area contributed by atoms with E-state index in [2.05, 4.69) is 5.32 Å². The largest absolute Gasteiger partial charge is 0.326 e. The molecule has 1 aliphatic heterocycles. The van der Waals surface area contributed by atoms with Crippen molar-refractivity contribution in [3.05, 3.63) is 59.1 Å². The van der Waals surface area contributed by atoms with E-state index in [1.165, 1.54) is 0 Å². The van der Waals surface area contributed by atoms with E-state index in [-0.39, 0.29) is 24.2 Å². The molecule has 1 saturated heterocycles. The highest BCUT2D eigenvalue weighted by molar-refractivity contribution is 6.30. The van der Waals surface area contributed by atoms with E-state index >= 15 is 0 Å². The quantitative estimate of drug-likeness (QED) is 0.935. The Morgan fingerprint density at radius 2 is 1.78 bits per heavy atom. The molecule has 2 aromatic carbocycles. The van der Waals surface area contributed by atoms with Gasteiger partial charge in [0.15, 0.2) is 0 Å². The molecule has 0 aliphatic carbocycles. The van der Waals surface area contributed by atoms with Crippen molar-refractivity contribution in [3.8, 4) is 0 Å². The van der Waals surface area contributed by atoms with Crippen molar-refractivity contribution in [2.75, 3.05) is 16.8 Å². The van der Waals surface area contributed by atoms with Gasteiger partial charge in [0.1, 0.15) is 0 Å². The molecular formula is C18H17ClN2O2. The molecule has 2 amide bonds. The van der Waals surface area contributed by atoms with Gasteiger partial charge in [0, 0.05) is 29.4 Å². The number of aryl methyl sites for hydroxylation is 1. The van der Waals surface area contributed by atoms with E-state index in [1.807, 2.05) is 31.2 Å². The number of carbonyl (C=O) groups is 2. The predicted molar refractivity (Wildman–Crippen MR) is 91.7 cm³/mol. The molecule has 1 unspecified atom stereocenters. The Hall–Kier alpha value is -2.33. The van der Waals surface area contributed by atoms with Gasteiger partial charge in [-0.15, -0.1) is 0 Å². The summed E-state index contributed by atoms with van der Waals surface area (Å²) in [5.74, 6) is -0.514. The first-order valence-electron chi connectivity index (χ1n) is 7.46. The summed E-state index contributed by atoms with van der Waals surface area (Å²) >= 11 is 5.83. The zero-order valence-electron chi connectivity index (χ0n) is 12.8. The van der Waals surface area contributed by atoms with Gasteiger partial charge >= 0.3 is 0 Å². The lowest BCUT2D eigenvalue weighted by molar-refractivity contribution is -0.122. The third kappa shape index (κ3) is 3.54. The number of benzene rings is 2. The Labute approximate surface area is 140 Å². The number of hydrogen-bond acceptors (Lipinski definition) is 2. The Morgan fingerprint density at radius 3 is 2.43 bits per heavy atom. The van der Waals surface area contributed by atoms with Gasteiger partial charge in [-0.1, -0.05) is 29.3 Å². The fourth-order valence-corrected chi connectivity index (χ4v) is 2.76. The Morgan fingerprint density at radius 1 is 1.13 bits per heavy atom. The van der Waals surface area contributed by atoms with Gasteiger partial charge in [-0.05, 0) is 43.3 Å². The smallest absolute Gasteiger partial charge is 0.229 e. The molecule has 1 N–H and O–H groups in total. The van der Waals surface area contributed by atoms with Crippen LogP contribution in [0.1, 0.15) is 12.0 Å². The van der Waals surface area contributed by atoms with Crippen molar-refractivity contribution in [3.63, 3.8) is 0 Å². The van der Waals surface area contributed by atoms with Crippen LogP contribution < -0.4 is 10.2 Å². The second kappa shape index (κ2) is 6.42. The van der Waals surface area contributed by atoms with Crippen molar-refractivity contribution >= 4 is 34.8 Å². The maximum absolute atomic E-state index is 12.4. The molecule has 5 heteroatoms. The number of carbonyl (C=O) groups excluding carboxylic acids is 2. The van der Waals surface area contributed by atoms with Crippen LogP contribution in [0.4, 0.5) is 11.4 Å². The molecule has 0 spiro atoms. The van der Waals surface area contributed by atoms with Crippen LogP contribution >= 0.6 is 11.6 Å². The first kappa shape index (κ1) is 15.6. The van der Waals surface area contributed by atoms with Gasteiger partial charge in [-0.25, -0.2) is 0 Å². The fraction of sp³-hybridized carbons (Fsp3) is 0.222. The van der Waals surface area contributed by atoms with E-state index in [4.69, 9.17) is 11.6 Å². The summed E-state index contributed by atoms with van der Waals surface area (Å²) < 4.78 is 0. The monoisotopic (exact) mass is 328 g/mol. The molecular weight excluding hydrogens is 312 g/mol. The van der Waals surface area contributed by atoms with E-state index in [1.54, 1.807) is 29.2 Å². The predicted octanol–water partition coefficient (Wildman–Crippen LogP) is 3.64. The van der Waals surface area contributed by atoms with E-state index in [0.29, 0.717) is 17.3 Å². The van der Waals surface area contributed by atoms with Crippen molar-refractivity contribution in [2.45, 2.75) is 13.3 Å². The SMILES string of the molecule is Cc1ccc(N2CC(C(=O)Nc3ccc(Cl)cc3)CC2=O)cc1. The molecule has 0 radical (unpaired) electrons. The van der Waals surface area contributed by atoms with E-state index in [0.717, 1.165) is 11.3 Å². The highest BCUT2D eigenvalue weighted by Gasteiger charge is 2.35. The molecule has 1 atom stereocenters. The average Bonchev–Trinajstić information content (AvgIpc) is 2.92. The summed E-state index contributed by atoms with van der Waals surface area (Å²) in [4.78, 5) is 26.2. The minimum absolute atomic E-state index is 0.0230. The van der Waals surface area contributed by atoms with Crippen LogP contribution in [0, 0.1) is 12.8 Å². The zero-order valence-corrected chi connectivity index (χ0v) is 13.5. The van der Waals surface area contributed by atoms with Crippen molar-refractivity contribution in [1.29, 1.82) is 0 Å². The summed E-state index contributed by atoms with van der Waals surface area (Å²) in [5, 5.41) is 3.45. The fourth-order valence-electron chi connectivity index (χ4n) is 2.63. The maximum Gasteiger partial charge on any atom is 0.229 e. The number of amides is 2. The van der Waals surface area contributed by atoms with Gasteiger partial charge in [0.2, 0.25) is 11.8 Å². The second-order valence-electron chi connectivity index (χ2n) is 5.74. The highest BCUT2D eigenvalue weighted by atomic mass is 35.5. The zero-order chi connectivity index (χ0) is 16.4. The molecule has 4 nitrogen and oxygen atoms in total. The molecule has 0 saturated carbocycles. The summed E-state index contributed by atoms with van der Waals surface area (Å²) in [6, 6.07) is 14.7. The number of rotatable bonds is 3. The van der Waals surface area contributed by atoms with Crippen molar-refractivity contribution in [1.82, 2.24) is 0 Å². The van der Waals surface area contributed by atoms with Crippen LogP contribution in [0.2, 0.25) is 5.02 Å². The molecule has 0 bridgehead atoms. The number of nitrogens with zero attached hydrogens (tertiary/aromatic N) is 1. The third-order valence-electron chi connectivity index (χ3n) is 3.95. The molecule has 1 aliphatic rings. The first-order chi connectivity index (χ1) is 11.0. The molecule has 3 rings (SSSR count). The minimum atomic E-state index is -0.348. The normalized spacial score (nSPS) is 17.4. The Balaban J connectivity index is 1.68. The van der Waals surface area contributed by atoms with Crippen LogP contribution in [0.3, 0.4) is 0 Å².